The Kier molecular flexibility index (Phi) is 4.86. The zero-order chi connectivity index (χ0) is 14.0. The lowest BCUT2D eigenvalue weighted by molar-refractivity contribution is 0.102. The Labute approximate surface area is 138 Å². The SMILES string of the molecule is Cc1ccc(C(=O)Nc2cc(Br)ccc2I)c(Cl)c1. The molecule has 0 bridgehead atoms. The molecule has 0 radical (unpaired) electrons. The fourth-order valence-electron chi connectivity index (χ4n) is 1.59. The van der Waals surface area contributed by atoms with Crippen LogP contribution in [0.15, 0.2) is 40.9 Å². The summed E-state index contributed by atoms with van der Waals surface area (Å²) in [5.74, 6) is -0.207. The van der Waals surface area contributed by atoms with Crippen LogP contribution < -0.4 is 5.32 Å². The molecule has 0 unspecified atom stereocenters. The minimum Gasteiger partial charge on any atom is -0.321 e. The predicted octanol–water partition coefficient (Wildman–Crippen LogP) is 5.27. The summed E-state index contributed by atoms with van der Waals surface area (Å²) in [7, 11) is 0. The molecule has 0 aliphatic rings. The first-order valence-electron chi connectivity index (χ1n) is 5.50. The minimum absolute atomic E-state index is 0.207. The maximum Gasteiger partial charge on any atom is 0.257 e. The Morgan fingerprint density at radius 2 is 2.00 bits per heavy atom. The average Bonchev–Trinajstić information content (AvgIpc) is 2.33. The predicted molar refractivity (Wildman–Crippen MR) is 91.0 cm³/mol. The molecule has 2 nitrogen and oxygen atoms in total. The molecule has 0 aliphatic heterocycles. The standard InChI is InChI=1S/C14H10BrClINO/c1-8-2-4-10(11(16)6-8)14(19)18-13-7-9(15)3-5-12(13)17/h2-7H,1H3,(H,18,19). The molecular weight excluding hydrogens is 440 g/mol. The van der Waals surface area contributed by atoms with Crippen molar-refractivity contribution < 1.29 is 4.79 Å². The molecule has 1 amide bonds. The molecule has 0 fully saturated rings. The highest BCUT2D eigenvalue weighted by molar-refractivity contribution is 14.1. The van der Waals surface area contributed by atoms with Crippen molar-refractivity contribution in [2.45, 2.75) is 6.92 Å². The van der Waals surface area contributed by atoms with Gasteiger partial charge in [0.05, 0.1) is 16.3 Å². The van der Waals surface area contributed by atoms with Crippen LogP contribution in [0.1, 0.15) is 15.9 Å². The lowest BCUT2D eigenvalue weighted by Crippen LogP contribution is -2.13. The topological polar surface area (TPSA) is 29.1 Å². The largest absolute Gasteiger partial charge is 0.321 e. The van der Waals surface area contributed by atoms with Gasteiger partial charge in [-0.1, -0.05) is 33.6 Å². The van der Waals surface area contributed by atoms with E-state index in [0.29, 0.717) is 10.6 Å². The lowest BCUT2D eigenvalue weighted by atomic mass is 10.1. The molecular formula is C14H10BrClINO. The minimum atomic E-state index is -0.207. The van der Waals surface area contributed by atoms with E-state index in [1.165, 1.54) is 0 Å². The molecule has 0 aliphatic carbocycles. The Hall–Kier alpha value is -0.590. The third kappa shape index (κ3) is 3.70. The van der Waals surface area contributed by atoms with Crippen LogP contribution in [0.5, 0.6) is 0 Å². The first-order chi connectivity index (χ1) is 8.97. The van der Waals surface area contributed by atoms with Crippen molar-refractivity contribution in [1.29, 1.82) is 0 Å². The van der Waals surface area contributed by atoms with Crippen molar-refractivity contribution in [3.63, 3.8) is 0 Å². The highest BCUT2D eigenvalue weighted by atomic mass is 127. The number of anilines is 1. The Morgan fingerprint density at radius 3 is 2.68 bits per heavy atom. The third-order valence-electron chi connectivity index (χ3n) is 2.55. The van der Waals surface area contributed by atoms with Crippen LogP contribution in [0.25, 0.3) is 0 Å². The van der Waals surface area contributed by atoms with Gasteiger partial charge in [-0.25, -0.2) is 0 Å². The molecule has 19 heavy (non-hydrogen) atoms. The van der Waals surface area contributed by atoms with Crippen molar-refractivity contribution in [2.24, 2.45) is 0 Å². The van der Waals surface area contributed by atoms with E-state index >= 15 is 0 Å². The molecule has 0 aromatic heterocycles. The van der Waals surface area contributed by atoms with Crippen molar-refractivity contribution >= 4 is 61.7 Å². The van der Waals surface area contributed by atoms with Crippen LogP contribution in [0.3, 0.4) is 0 Å². The number of hydrogen-bond acceptors (Lipinski definition) is 1. The third-order valence-corrected chi connectivity index (χ3v) is 4.29. The number of hydrogen-bond donors (Lipinski definition) is 1. The number of carbonyl (C=O) groups excluding carboxylic acids is 1. The normalized spacial score (nSPS) is 10.3. The average molecular weight is 451 g/mol. The van der Waals surface area contributed by atoms with E-state index in [4.69, 9.17) is 11.6 Å². The quantitative estimate of drug-likeness (QED) is 0.621. The fraction of sp³-hybridized carbons (Fsp3) is 0.0714. The van der Waals surface area contributed by atoms with E-state index in [9.17, 15) is 4.79 Å². The van der Waals surface area contributed by atoms with Crippen LogP contribution in [-0.4, -0.2) is 5.91 Å². The number of benzene rings is 2. The van der Waals surface area contributed by atoms with Crippen LogP contribution in [0, 0.1) is 10.5 Å². The first-order valence-corrected chi connectivity index (χ1v) is 7.75. The number of carbonyl (C=O) groups is 1. The van der Waals surface area contributed by atoms with E-state index < -0.39 is 0 Å². The van der Waals surface area contributed by atoms with E-state index in [0.717, 1.165) is 19.3 Å². The van der Waals surface area contributed by atoms with Gasteiger partial charge in [0, 0.05) is 8.04 Å². The first kappa shape index (κ1) is 14.8. The summed E-state index contributed by atoms with van der Waals surface area (Å²) in [5, 5.41) is 3.33. The van der Waals surface area contributed by atoms with Gasteiger partial charge in [0.1, 0.15) is 0 Å². The van der Waals surface area contributed by atoms with Crippen LogP contribution in [-0.2, 0) is 0 Å². The number of amides is 1. The molecule has 2 aromatic carbocycles. The summed E-state index contributed by atoms with van der Waals surface area (Å²) in [6, 6.07) is 11.1. The van der Waals surface area contributed by atoms with Crippen molar-refractivity contribution in [2.75, 3.05) is 5.32 Å². The Morgan fingerprint density at radius 1 is 1.26 bits per heavy atom. The van der Waals surface area contributed by atoms with Crippen LogP contribution in [0.4, 0.5) is 5.69 Å². The van der Waals surface area contributed by atoms with Gasteiger partial charge in [0.15, 0.2) is 0 Å². The van der Waals surface area contributed by atoms with Gasteiger partial charge in [0.25, 0.3) is 5.91 Å². The highest BCUT2D eigenvalue weighted by Crippen LogP contribution is 2.25. The summed E-state index contributed by atoms with van der Waals surface area (Å²) >= 11 is 11.7. The van der Waals surface area contributed by atoms with Crippen molar-refractivity contribution in [1.82, 2.24) is 0 Å². The summed E-state index contributed by atoms with van der Waals surface area (Å²) < 4.78 is 1.88. The van der Waals surface area contributed by atoms with Gasteiger partial charge in [-0.05, 0) is 65.4 Å². The van der Waals surface area contributed by atoms with Gasteiger partial charge in [0.2, 0.25) is 0 Å². The van der Waals surface area contributed by atoms with Crippen molar-refractivity contribution in [3.8, 4) is 0 Å². The maximum absolute atomic E-state index is 12.2. The maximum atomic E-state index is 12.2. The molecule has 0 saturated heterocycles. The van der Waals surface area contributed by atoms with Gasteiger partial charge in [-0.3, -0.25) is 4.79 Å². The zero-order valence-electron chi connectivity index (χ0n) is 10.0. The number of aryl methyl sites for hydroxylation is 1. The second kappa shape index (κ2) is 6.24. The second-order valence-electron chi connectivity index (χ2n) is 4.06. The van der Waals surface area contributed by atoms with Gasteiger partial charge in [-0.15, -0.1) is 0 Å². The monoisotopic (exact) mass is 449 g/mol. The van der Waals surface area contributed by atoms with Gasteiger partial charge >= 0.3 is 0 Å². The molecule has 5 heteroatoms. The summed E-state index contributed by atoms with van der Waals surface area (Å²) in [6.07, 6.45) is 0. The number of nitrogens with one attached hydrogen (secondary N) is 1. The Balaban J connectivity index is 2.28. The molecule has 1 N–H and O–H groups in total. The fourth-order valence-corrected chi connectivity index (χ4v) is 2.74. The highest BCUT2D eigenvalue weighted by Gasteiger charge is 2.12. The van der Waals surface area contributed by atoms with E-state index in [1.807, 2.05) is 31.2 Å². The van der Waals surface area contributed by atoms with Crippen molar-refractivity contribution in [3.05, 3.63) is 60.6 Å². The van der Waals surface area contributed by atoms with Gasteiger partial charge in [-0.2, -0.15) is 0 Å². The second-order valence-corrected chi connectivity index (χ2v) is 6.55. The molecule has 2 aromatic rings. The number of halogens is 3. The van der Waals surface area contributed by atoms with E-state index in [1.54, 1.807) is 12.1 Å². The summed E-state index contributed by atoms with van der Waals surface area (Å²) in [4.78, 5) is 12.2. The molecule has 98 valence electrons. The molecule has 0 spiro atoms. The molecule has 2 rings (SSSR count). The van der Waals surface area contributed by atoms with E-state index in [-0.39, 0.29) is 5.91 Å². The van der Waals surface area contributed by atoms with Gasteiger partial charge < -0.3 is 5.32 Å². The van der Waals surface area contributed by atoms with Crippen LogP contribution >= 0.6 is 50.1 Å². The molecule has 0 heterocycles. The summed E-state index contributed by atoms with van der Waals surface area (Å²) in [6.45, 7) is 1.94. The lowest BCUT2D eigenvalue weighted by Gasteiger charge is -2.09. The van der Waals surface area contributed by atoms with Crippen LogP contribution in [0.2, 0.25) is 5.02 Å². The number of rotatable bonds is 2. The molecule has 0 saturated carbocycles. The smallest absolute Gasteiger partial charge is 0.257 e. The zero-order valence-corrected chi connectivity index (χ0v) is 14.5. The molecule has 0 atom stereocenters. The van der Waals surface area contributed by atoms with E-state index in [2.05, 4.69) is 43.8 Å². The Bertz CT molecular complexity index is 645. The summed E-state index contributed by atoms with van der Waals surface area (Å²) in [5.41, 5.74) is 2.26.